The molecule has 2 aromatic rings. The lowest BCUT2D eigenvalue weighted by Crippen LogP contribution is -2.27. The van der Waals surface area contributed by atoms with Crippen molar-refractivity contribution in [1.29, 1.82) is 0 Å². The van der Waals surface area contributed by atoms with Gasteiger partial charge >= 0.3 is 0 Å². The van der Waals surface area contributed by atoms with Gasteiger partial charge in [-0.2, -0.15) is 0 Å². The van der Waals surface area contributed by atoms with Crippen LogP contribution in [0.3, 0.4) is 0 Å². The van der Waals surface area contributed by atoms with E-state index in [0.717, 1.165) is 44.2 Å². The van der Waals surface area contributed by atoms with Gasteiger partial charge in [-0.25, -0.2) is 0 Å². The van der Waals surface area contributed by atoms with Crippen molar-refractivity contribution in [2.75, 3.05) is 6.54 Å². The van der Waals surface area contributed by atoms with Crippen LogP contribution in [0.4, 0.5) is 0 Å². The minimum Gasteiger partial charge on any atom is -0.508 e. The Morgan fingerprint density at radius 1 is 1.18 bits per heavy atom. The molecule has 1 atom stereocenters. The van der Waals surface area contributed by atoms with E-state index in [9.17, 15) is 9.90 Å². The van der Waals surface area contributed by atoms with Crippen LogP contribution in [0.25, 0.3) is 10.8 Å². The monoisotopic (exact) mass is 295 g/mol. The molecule has 1 saturated carbocycles. The van der Waals surface area contributed by atoms with E-state index in [-0.39, 0.29) is 11.8 Å². The number of phenols is 1. The SMILES string of the molecule is O=C(NCCC1CCc2c(O)ccc3cccc1c23)C1CC1. The topological polar surface area (TPSA) is 49.3 Å². The number of carbonyl (C=O) groups is 1. The van der Waals surface area contributed by atoms with E-state index in [1.165, 1.54) is 16.3 Å². The number of carbonyl (C=O) groups excluding carboxylic acids is 1. The Labute approximate surface area is 130 Å². The molecule has 0 radical (unpaired) electrons. The summed E-state index contributed by atoms with van der Waals surface area (Å²) in [6.07, 6.45) is 5.06. The number of phenolic OH excluding ortho intramolecular Hbond substituents is 1. The fourth-order valence-corrected chi connectivity index (χ4v) is 3.70. The van der Waals surface area contributed by atoms with Crippen molar-refractivity contribution >= 4 is 16.7 Å². The van der Waals surface area contributed by atoms with Crippen molar-refractivity contribution in [3.05, 3.63) is 41.5 Å². The Morgan fingerprint density at radius 2 is 2.05 bits per heavy atom. The summed E-state index contributed by atoms with van der Waals surface area (Å²) in [6.45, 7) is 0.755. The highest BCUT2D eigenvalue weighted by atomic mass is 16.3. The van der Waals surface area contributed by atoms with Gasteiger partial charge < -0.3 is 10.4 Å². The van der Waals surface area contributed by atoms with Gasteiger partial charge in [-0.1, -0.05) is 24.3 Å². The first-order chi connectivity index (χ1) is 10.7. The average molecular weight is 295 g/mol. The maximum atomic E-state index is 11.7. The third-order valence-electron chi connectivity index (χ3n) is 5.08. The fourth-order valence-electron chi connectivity index (χ4n) is 3.70. The molecule has 1 unspecified atom stereocenters. The Balaban J connectivity index is 1.56. The summed E-state index contributed by atoms with van der Waals surface area (Å²) < 4.78 is 0. The zero-order valence-corrected chi connectivity index (χ0v) is 12.6. The molecule has 1 amide bonds. The van der Waals surface area contributed by atoms with E-state index in [0.29, 0.717) is 11.7 Å². The molecule has 2 aromatic carbocycles. The standard InChI is InChI=1S/C19H21NO2/c21-17-9-7-13-2-1-3-15-12(6-8-16(17)18(13)15)10-11-20-19(22)14-4-5-14/h1-3,7,9,12,14,21H,4-6,8,10-11H2,(H,20,22). The van der Waals surface area contributed by atoms with Gasteiger partial charge in [0.15, 0.2) is 0 Å². The van der Waals surface area contributed by atoms with E-state index in [2.05, 4.69) is 23.5 Å². The average Bonchev–Trinajstić information content (AvgIpc) is 3.37. The second-order valence-electron chi connectivity index (χ2n) is 6.60. The number of amides is 1. The number of hydrogen-bond acceptors (Lipinski definition) is 2. The van der Waals surface area contributed by atoms with Gasteiger partial charge in [0.1, 0.15) is 5.75 Å². The lowest BCUT2D eigenvalue weighted by Gasteiger charge is -2.26. The Hall–Kier alpha value is -2.03. The molecule has 0 saturated heterocycles. The van der Waals surface area contributed by atoms with Crippen molar-refractivity contribution in [2.45, 2.75) is 38.0 Å². The molecule has 0 spiro atoms. The lowest BCUT2D eigenvalue weighted by molar-refractivity contribution is -0.122. The van der Waals surface area contributed by atoms with Crippen molar-refractivity contribution < 1.29 is 9.90 Å². The summed E-state index contributed by atoms with van der Waals surface area (Å²) in [5, 5.41) is 15.6. The largest absolute Gasteiger partial charge is 0.508 e. The summed E-state index contributed by atoms with van der Waals surface area (Å²) in [5.74, 6) is 1.40. The van der Waals surface area contributed by atoms with Crippen molar-refractivity contribution in [3.63, 3.8) is 0 Å². The van der Waals surface area contributed by atoms with E-state index in [1.54, 1.807) is 6.07 Å². The molecular formula is C19H21NO2. The van der Waals surface area contributed by atoms with Crippen LogP contribution in [0.1, 0.15) is 42.7 Å². The summed E-state index contributed by atoms with van der Waals surface area (Å²) in [7, 11) is 0. The maximum absolute atomic E-state index is 11.7. The third-order valence-corrected chi connectivity index (χ3v) is 5.08. The molecule has 2 aliphatic carbocycles. The highest BCUT2D eigenvalue weighted by Crippen LogP contribution is 2.41. The van der Waals surface area contributed by atoms with Crippen LogP contribution in [-0.2, 0) is 11.2 Å². The molecule has 0 aliphatic heterocycles. The molecule has 0 heterocycles. The number of aromatic hydroxyl groups is 1. The highest BCUT2D eigenvalue weighted by Gasteiger charge is 2.29. The second-order valence-corrected chi connectivity index (χ2v) is 6.60. The van der Waals surface area contributed by atoms with Crippen LogP contribution in [0.2, 0.25) is 0 Å². The van der Waals surface area contributed by atoms with E-state index < -0.39 is 0 Å². The number of hydrogen-bond donors (Lipinski definition) is 2. The normalized spacial score (nSPS) is 20.1. The van der Waals surface area contributed by atoms with Gasteiger partial charge in [0.2, 0.25) is 5.91 Å². The first kappa shape index (κ1) is 13.6. The highest BCUT2D eigenvalue weighted by molar-refractivity contribution is 5.92. The predicted molar refractivity (Wildman–Crippen MR) is 87.0 cm³/mol. The van der Waals surface area contributed by atoms with Crippen LogP contribution < -0.4 is 5.32 Å². The van der Waals surface area contributed by atoms with Crippen LogP contribution in [0, 0.1) is 5.92 Å². The number of rotatable bonds is 4. The number of nitrogens with one attached hydrogen (secondary N) is 1. The number of benzene rings is 2. The first-order valence-corrected chi connectivity index (χ1v) is 8.25. The molecule has 3 heteroatoms. The van der Waals surface area contributed by atoms with E-state index in [4.69, 9.17) is 0 Å². The van der Waals surface area contributed by atoms with Gasteiger partial charge in [0.05, 0.1) is 0 Å². The Bertz CT molecular complexity index is 734. The number of aryl methyl sites for hydroxylation is 1. The van der Waals surface area contributed by atoms with Gasteiger partial charge in [0.25, 0.3) is 0 Å². The van der Waals surface area contributed by atoms with Crippen LogP contribution in [0.15, 0.2) is 30.3 Å². The minimum absolute atomic E-state index is 0.229. The van der Waals surface area contributed by atoms with Crippen LogP contribution >= 0.6 is 0 Å². The minimum atomic E-state index is 0.229. The molecular weight excluding hydrogens is 274 g/mol. The van der Waals surface area contributed by atoms with Crippen molar-refractivity contribution in [1.82, 2.24) is 5.32 Å². The molecule has 0 aromatic heterocycles. The maximum Gasteiger partial charge on any atom is 0.223 e. The predicted octanol–water partition coefficient (Wildman–Crippen LogP) is 3.49. The molecule has 0 bridgehead atoms. The quantitative estimate of drug-likeness (QED) is 0.907. The van der Waals surface area contributed by atoms with Gasteiger partial charge in [0, 0.05) is 18.0 Å². The van der Waals surface area contributed by atoms with Crippen LogP contribution in [0.5, 0.6) is 5.75 Å². The lowest BCUT2D eigenvalue weighted by atomic mass is 9.79. The van der Waals surface area contributed by atoms with Crippen molar-refractivity contribution in [3.8, 4) is 5.75 Å². The molecule has 22 heavy (non-hydrogen) atoms. The summed E-state index contributed by atoms with van der Waals surface area (Å²) in [6, 6.07) is 10.2. The summed E-state index contributed by atoms with van der Waals surface area (Å²) in [4.78, 5) is 11.7. The zero-order valence-electron chi connectivity index (χ0n) is 12.6. The zero-order chi connectivity index (χ0) is 15.1. The molecule has 2 aliphatic rings. The summed E-state index contributed by atoms with van der Waals surface area (Å²) >= 11 is 0. The molecule has 3 nitrogen and oxygen atoms in total. The third kappa shape index (κ3) is 2.35. The van der Waals surface area contributed by atoms with Gasteiger partial charge in [-0.15, -0.1) is 0 Å². The van der Waals surface area contributed by atoms with Gasteiger partial charge in [-0.05, 0) is 60.4 Å². The van der Waals surface area contributed by atoms with Crippen molar-refractivity contribution in [2.24, 2.45) is 5.92 Å². The fraction of sp³-hybridized carbons (Fsp3) is 0.421. The van der Waals surface area contributed by atoms with Gasteiger partial charge in [-0.3, -0.25) is 4.79 Å². The smallest absolute Gasteiger partial charge is 0.223 e. The molecule has 4 rings (SSSR count). The van der Waals surface area contributed by atoms with E-state index in [1.807, 2.05) is 6.07 Å². The summed E-state index contributed by atoms with van der Waals surface area (Å²) in [5.41, 5.74) is 2.42. The molecule has 1 fully saturated rings. The molecule has 2 N–H and O–H groups in total. The first-order valence-electron chi connectivity index (χ1n) is 8.25. The Kier molecular flexibility index (Phi) is 3.29. The van der Waals surface area contributed by atoms with Crippen LogP contribution in [-0.4, -0.2) is 17.6 Å². The second kappa shape index (κ2) is 5.31. The van der Waals surface area contributed by atoms with E-state index >= 15 is 0 Å². The Morgan fingerprint density at radius 3 is 2.86 bits per heavy atom. The molecule has 114 valence electrons.